The second-order valence-corrected chi connectivity index (χ2v) is 7.27. The number of Topliss-reactive ketones (excluding diaryl/α,β-unsaturated/α-hetero) is 1. The van der Waals surface area contributed by atoms with E-state index in [1.54, 1.807) is 73.8 Å². The fourth-order valence-electron chi connectivity index (χ4n) is 2.46. The normalized spacial score (nSPS) is 14.8. The largest absolute Gasteiger partial charge is 0.458 e. The molecule has 0 aromatic carbocycles. The number of ether oxygens (including phenoxy) is 2. The highest BCUT2D eigenvalue weighted by molar-refractivity contribution is 6.11. The standard InChI is InChI=1S/C31H40N2O3/c1-10-16-30(21-24(8)33-9)36-28(14-5)20-18-25(11-2)31(34)23(7)17-19-27(13-4)35-29(15-6)22-26(32)12-3/h10-22,33H,1,6-7,32H2,2-5,8-9H3/b19-17-,20-18-,24-21+,25-11+,26-12+,27-13+,28-14+,29-22+,30-16+. The lowest BCUT2D eigenvalue weighted by Crippen LogP contribution is -2.03. The van der Waals surface area contributed by atoms with Gasteiger partial charge in [0.15, 0.2) is 5.78 Å². The van der Waals surface area contributed by atoms with Crippen LogP contribution < -0.4 is 11.1 Å². The number of carbonyl (C=O) groups is 1. The SMILES string of the molecule is C=C/C=C(\C=C(/C)NC)OC(/C=C\C(=C/C)C(=O)C(=C)/C=C\C(=C/C)O/C(C=C)=C/C(N)=C\C)=C/C. The average Bonchev–Trinajstić information content (AvgIpc) is 2.89. The van der Waals surface area contributed by atoms with Gasteiger partial charge in [0.1, 0.15) is 23.0 Å². The fraction of sp³-hybridized carbons (Fsp3) is 0.194. The van der Waals surface area contributed by atoms with E-state index in [9.17, 15) is 4.79 Å². The highest BCUT2D eigenvalue weighted by Crippen LogP contribution is 2.16. The van der Waals surface area contributed by atoms with Gasteiger partial charge in [-0.25, -0.2) is 0 Å². The molecule has 0 radical (unpaired) electrons. The van der Waals surface area contributed by atoms with Crippen molar-refractivity contribution in [2.45, 2.75) is 34.6 Å². The number of hydrogen-bond donors (Lipinski definition) is 2. The van der Waals surface area contributed by atoms with Crippen LogP contribution in [0.2, 0.25) is 0 Å². The third-order valence-electron chi connectivity index (χ3n) is 4.66. The summed E-state index contributed by atoms with van der Waals surface area (Å²) in [5.41, 5.74) is 8.09. The molecule has 0 aromatic heterocycles. The number of carbonyl (C=O) groups excluding carboxylic acids is 1. The zero-order valence-electron chi connectivity index (χ0n) is 22.4. The summed E-state index contributed by atoms with van der Waals surface area (Å²) >= 11 is 0. The van der Waals surface area contributed by atoms with E-state index in [0.29, 0.717) is 39.9 Å². The third kappa shape index (κ3) is 12.3. The van der Waals surface area contributed by atoms with Crippen LogP contribution in [0.1, 0.15) is 34.6 Å². The lowest BCUT2D eigenvalue weighted by atomic mass is 10.0. The zero-order chi connectivity index (χ0) is 27.5. The van der Waals surface area contributed by atoms with E-state index in [1.807, 2.05) is 46.9 Å². The van der Waals surface area contributed by atoms with Gasteiger partial charge in [-0.2, -0.15) is 0 Å². The topological polar surface area (TPSA) is 73.6 Å². The molecule has 0 aliphatic heterocycles. The molecule has 3 N–H and O–H groups in total. The highest BCUT2D eigenvalue weighted by Gasteiger charge is 2.09. The second-order valence-electron chi connectivity index (χ2n) is 7.27. The maximum absolute atomic E-state index is 13.0. The molecule has 0 atom stereocenters. The smallest absolute Gasteiger partial charge is 0.192 e. The molecule has 0 amide bonds. The van der Waals surface area contributed by atoms with Gasteiger partial charge in [0, 0.05) is 35.7 Å². The molecular weight excluding hydrogens is 448 g/mol. The Balaban J connectivity index is 5.56. The zero-order valence-corrected chi connectivity index (χ0v) is 22.4. The summed E-state index contributed by atoms with van der Waals surface area (Å²) in [6.07, 6.45) is 22.2. The van der Waals surface area contributed by atoms with E-state index < -0.39 is 0 Å². The average molecular weight is 489 g/mol. The van der Waals surface area contributed by atoms with Crippen LogP contribution in [-0.2, 0) is 14.3 Å². The molecule has 5 nitrogen and oxygen atoms in total. The van der Waals surface area contributed by atoms with Crippen LogP contribution in [-0.4, -0.2) is 12.8 Å². The van der Waals surface area contributed by atoms with Crippen molar-refractivity contribution in [1.82, 2.24) is 5.32 Å². The monoisotopic (exact) mass is 488 g/mol. The lowest BCUT2D eigenvalue weighted by Gasteiger charge is -2.09. The molecule has 0 aromatic rings. The van der Waals surface area contributed by atoms with E-state index >= 15 is 0 Å². The van der Waals surface area contributed by atoms with Gasteiger partial charge in [0.05, 0.1) is 0 Å². The van der Waals surface area contributed by atoms with Gasteiger partial charge in [0.25, 0.3) is 0 Å². The molecule has 192 valence electrons. The first-order chi connectivity index (χ1) is 17.2. The molecule has 0 rings (SSSR count). The van der Waals surface area contributed by atoms with Crippen molar-refractivity contribution in [3.05, 3.63) is 144 Å². The number of nitrogens with two attached hydrogens (primary N) is 1. The third-order valence-corrected chi connectivity index (χ3v) is 4.66. The Morgan fingerprint density at radius 3 is 1.86 bits per heavy atom. The minimum absolute atomic E-state index is 0.221. The van der Waals surface area contributed by atoms with Gasteiger partial charge in [-0.3, -0.25) is 4.79 Å². The van der Waals surface area contributed by atoms with Crippen LogP contribution in [0.15, 0.2) is 144 Å². The van der Waals surface area contributed by atoms with Crippen molar-refractivity contribution in [3.63, 3.8) is 0 Å². The molecule has 0 saturated heterocycles. The van der Waals surface area contributed by atoms with Gasteiger partial charge < -0.3 is 20.5 Å². The maximum atomic E-state index is 13.0. The first-order valence-corrected chi connectivity index (χ1v) is 11.6. The summed E-state index contributed by atoms with van der Waals surface area (Å²) in [6, 6.07) is 0. The Hall–Kier alpha value is -4.25. The Morgan fingerprint density at radius 2 is 1.39 bits per heavy atom. The number of nitrogens with one attached hydrogen (secondary N) is 1. The molecule has 0 saturated carbocycles. The molecule has 0 bridgehead atoms. The first-order valence-electron chi connectivity index (χ1n) is 11.6. The van der Waals surface area contributed by atoms with Gasteiger partial charge in [-0.15, -0.1) is 0 Å². The number of hydrogen-bond acceptors (Lipinski definition) is 5. The van der Waals surface area contributed by atoms with Crippen LogP contribution in [0, 0.1) is 0 Å². The lowest BCUT2D eigenvalue weighted by molar-refractivity contribution is -0.111. The fourth-order valence-corrected chi connectivity index (χ4v) is 2.46. The Morgan fingerprint density at radius 1 is 0.806 bits per heavy atom. The van der Waals surface area contributed by atoms with Gasteiger partial charge >= 0.3 is 0 Å². The summed E-state index contributed by atoms with van der Waals surface area (Å²) in [4.78, 5) is 13.0. The first kappa shape index (κ1) is 31.8. The molecular formula is C31H40N2O3. The van der Waals surface area contributed by atoms with Crippen LogP contribution in [0.25, 0.3) is 0 Å². The van der Waals surface area contributed by atoms with Crippen LogP contribution in [0.5, 0.6) is 0 Å². The minimum Gasteiger partial charge on any atom is -0.458 e. The Labute approximate surface area is 217 Å². The summed E-state index contributed by atoms with van der Waals surface area (Å²) < 4.78 is 11.7. The summed E-state index contributed by atoms with van der Waals surface area (Å²) in [7, 11) is 1.83. The van der Waals surface area contributed by atoms with E-state index in [0.717, 1.165) is 5.70 Å². The molecule has 36 heavy (non-hydrogen) atoms. The Kier molecular flexibility index (Phi) is 16.0. The predicted molar refractivity (Wildman–Crippen MR) is 153 cm³/mol. The molecule has 0 unspecified atom stereocenters. The number of allylic oxidation sites excluding steroid dienone is 16. The van der Waals surface area contributed by atoms with E-state index in [2.05, 4.69) is 25.1 Å². The van der Waals surface area contributed by atoms with Crippen LogP contribution in [0.3, 0.4) is 0 Å². The van der Waals surface area contributed by atoms with Crippen molar-refractivity contribution < 1.29 is 14.3 Å². The van der Waals surface area contributed by atoms with Gasteiger partial charge in [-0.1, -0.05) is 38.0 Å². The molecule has 0 aliphatic carbocycles. The quantitative estimate of drug-likeness (QED) is 0.146. The summed E-state index contributed by atoms with van der Waals surface area (Å²) in [5, 5.41) is 3.05. The molecule has 0 fully saturated rings. The van der Waals surface area contributed by atoms with Gasteiger partial charge in [-0.05, 0) is 89.3 Å². The predicted octanol–water partition coefficient (Wildman–Crippen LogP) is 7.14. The highest BCUT2D eigenvalue weighted by atomic mass is 16.5. The minimum atomic E-state index is -0.221. The van der Waals surface area contributed by atoms with Gasteiger partial charge in [0.2, 0.25) is 0 Å². The number of ketones is 1. The van der Waals surface area contributed by atoms with Crippen molar-refractivity contribution in [3.8, 4) is 0 Å². The molecule has 0 spiro atoms. The van der Waals surface area contributed by atoms with Crippen LogP contribution >= 0.6 is 0 Å². The molecule has 0 aliphatic rings. The molecule has 5 heteroatoms. The summed E-state index contributed by atoms with van der Waals surface area (Å²) in [5.74, 6) is 1.97. The second kappa shape index (κ2) is 18.1. The van der Waals surface area contributed by atoms with Crippen molar-refractivity contribution in [2.24, 2.45) is 5.73 Å². The molecule has 0 heterocycles. The summed E-state index contributed by atoms with van der Waals surface area (Å²) in [6.45, 7) is 20.6. The number of rotatable bonds is 15. The van der Waals surface area contributed by atoms with E-state index in [1.165, 1.54) is 0 Å². The van der Waals surface area contributed by atoms with E-state index in [4.69, 9.17) is 15.2 Å². The van der Waals surface area contributed by atoms with Crippen molar-refractivity contribution in [2.75, 3.05) is 7.05 Å². The van der Waals surface area contributed by atoms with Crippen molar-refractivity contribution >= 4 is 5.78 Å². The Bertz CT molecular complexity index is 1080. The van der Waals surface area contributed by atoms with E-state index in [-0.39, 0.29) is 5.78 Å². The van der Waals surface area contributed by atoms with Crippen molar-refractivity contribution in [1.29, 1.82) is 0 Å². The maximum Gasteiger partial charge on any atom is 0.192 e. The van der Waals surface area contributed by atoms with Crippen LogP contribution in [0.4, 0.5) is 0 Å².